The second kappa shape index (κ2) is 18.1. The van der Waals surface area contributed by atoms with Crippen LogP contribution in [0.3, 0.4) is 0 Å². The highest BCUT2D eigenvalue weighted by Gasteiger charge is 2.40. The van der Waals surface area contributed by atoms with E-state index in [1.54, 1.807) is 66.7 Å². The molecule has 0 aliphatic carbocycles. The average molecular weight is 800 g/mol. The maximum absolute atomic E-state index is 14.6. The summed E-state index contributed by atoms with van der Waals surface area (Å²) in [5, 5.41) is 18.4. The van der Waals surface area contributed by atoms with E-state index in [4.69, 9.17) is 21.1 Å². The van der Waals surface area contributed by atoms with Crippen molar-refractivity contribution in [2.45, 2.75) is 58.0 Å². The van der Waals surface area contributed by atoms with E-state index in [9.17, 15) is 28.8 Å². The van der Waals surface area contributed by atoms with E-state index in [1.165, 1.54) is 11.0 Å². The summed E-state index contributed by atoms with van der Waals surface area (Å²) in [6, 6.07) is 31.1. The van der Waals surface area contributed by atoms with Gasteiger partial charge < -0.3 is 25.0 Å². The number of nitrogens with zero attached hydrogens (tertiary/aromatic N) is 2. The van der Waals surface area contributed by atoms with Crippen LogP contribution in [0.2, 0.25) is 5.02 Å². The number of piperidine rings is 1. The Hall–Kier alpha value is -6.55. The number of ether oxygens (including phenoxy) is 2. The second-order valence-electron chi connectivity index (χ2n) is 14.0. The zero-order chi connectivity index (χ0) is 40.6. The topological polar surface area (TPSA) is 150 Å². The van der Waals surface area contributed by atoms with Gasteiger partial charge in [-0.25, -0.2) is 4.39 Å². The van der Waals surface area contributed by atoms with Crippen LogP contribution in [-0.2, 0) is 40.7 Å². The minimum Gasteiger partial charge on any atom is -0.489 e. The molecule has 0 bridgehead atoms. The Morgan fingerprint density at radius 1 is 0.897 bits per heavy atom. The van der Waals surface area contributed by atoms with Crippen molar-refractivity contribution in [1.29, 1.82) is 5.26 Å². The van der Waals surface area contributed by atoms with Crippen LogP contribution in [0.4, 0.5) is 10.1 Å². The van der Waals surface area contributed by atoms with Gasteiger partial charge in [0.05, 0.1) is 16.7 Å². The molecule has 5 aromatic carbocycles. The summed E-state index contributed by atoms with van der Waals surface area (Å²) in [6.07, 6.45) is 1.15. The van der Waals surface area contributed by atoms with Gasteiger partial charge in [-0.05, 0) is 61.3 Å². The molecule has 0 saturated carbocycles. The maximum atomic E-state index is 14.6. The van der Waals surface area contributed by atoms with E-state index in [2.05, 4.69) is 22.0 Å². The Morgan fingerprint density at radius 2 is 1.69 bits per heavy atom. The zero-order valence-corrected chi connectivity index (χ0v) is 32.1. The molecule has 3 N–H and O–H groups in total. The van der Waals surface area contributed by atoms with Crippen LogP contribution < -0.4 is 25.4 Å². The maximum Gasteiger partial charge on any atom is 0.255 e. The van der Waals surface area contributed by atoms with Crippen LogP contribution >= 0.6 is 11.6 Å². The Morgan fingerprint density at radius 3 is 2.52 bits per heavy atom. The molecule has 13 heteroatoms. The van der Waals surface area contributed by atoms with E-state index < -0.39 is 11.9 Å². The lowest BCUT2D eigenvalue weighted by atomic mass is 10.0. The number of rotatable bonds is 15. The third-order valence-electron chi connectivity index (χ3n) is 10.1. The van der Waals surface area contributed by atoms with Crippen LogP contribution in [0, 0.1) is 17.1 Å². The number of imide groups is 1. The van der Waals surface area contributed by atoms with Crippen molar-refractivity contribution in [3.63, 3.8) is 0 Å². The van der Waals surface area contributed by atoms with E-state index in [1.807, 2.05) is 30.3 Å². The minimum absolute atomic E-state index is 0.130. The molecule has 1 atom stereocenters. The molecule has 5 aromatic rings. The first kappa shape index (κ1) is 39.7. The average Bonchev–Trinajstić information content (AvgIpc) is 3.56. The molecule has 2 aliphatic heterocycles. The first-order valence-corrected chi connectivity index (χ1v) is 19.2. The van der Waals surface area contributed by atoms with Crippen molar-refractivity contribution in [2.24, 2.45) is 0 Å². The molecule has 4 amide bonds. The number of halogens is 2. The molecule has 2 aliphatic rings. The number of carbonyl (C=O) groups excluding carboxylic acids is 4. The highest BCUT2D eigenvalue weighted by atomic mass is 35.5. The summed E-state index contributed by atoms with van der Waals surface area (Å²) in [6.45, 7) is 1.44. The molecular formula is C45H39ClFN5O6. The van der Waals surface area contributed by atoms with Crippen molar-refractivity contribution >= 4 is 40.9 Å². The van der Waals surface area contributed by atoms with Crippen molar-refractivity contribution < 1.29 is 33.0 Å². The van der Waals surface area contributed by atoms with Gasteiger partial charge in [0.25, 0.3) is 5.91 Å². The van der Waals surface area contributed by atoms with Crippen molar-refractivity contribution in [1.82, 2.24) is 15.5 Å². The Bertz CT molecular complexity index is 2430. The van der Waals surface area contributed by atoms with E-state index in [0.29, 0.717) is 75.1 Å². The molecule has 0 radical (unpaired) electrons. The Balaban J connectivity index is 0.958. The molecule has 7 rings (SSSR count). The van der Waals surface area contributed by atoms with Crippen molar-refractivity contribution in [2.75, 3.05) is 11.9 Å². The summed E-state index contributed by atoms with van der Waals surface area (Å²) in [4.78, 5) is 51.7. The fraction of sp³-hybridized carbons (Fsp3) is 0.222. The summed E-state index contributed by atoms with van der Waals surface area (Å²) in [5.74, 6) is -0.640. The molecule has 1 unspecified atom stereocenters. The highest BCUT2D eigenvalue weighted by molar-refractivity contribution is 6.34. The summed E-state index contributed by atoms with van der Waals surface area (Å²) in [7, 11) is 0. The zero-order valence-electron chi connectivity index (χ0n) is 31.4. The lowest BCUT2D eigenvalue weighted by Crippen LogP contribution is -2.52. The molecule has 1 saturated heterocycles. The van der Waals surface area contributed by atoms with Crippen LogP contribution in [-0.4, -0.2) is 41.1 Å². The highest BCUT2D eigenvalue weighted by Crippen LogP contribution is 2.35. The minimum atomic E-state index is -0.744. The lowest BCUT2D eigenvalue weighted by Gasteiger charge is -2.29. The molecule has 1 fully saturated rings. The predicted molar refractivity (Wildman–Crippen MR) is 215 cm³/mol. The number of fused-ring (bicyclic) bond motifs is 1. The summed E-state index contributed by atoms with van der Waals surface area (Å²) >= 11 is 6.73. The fourth-order valence-electron chi connectivity index (χ4n) is 7.05. The standard InChI is InChI=1S/C45H39ClFN5O6/c46-43-31(9-4-11-34(43)33-10-1-2-13-37(33)47)27-57-32-17-16-30(40(22-32)58-26-29-8-3-7-28(21-29)23-48)24-49-20-6-15-41(53)50-38-14-5-12-35-36(38)25-52(45(35)56)39-18-19-42(54)51-44(39)55/h1-5,7-14,16-17,21-22,39,49H,6,15,18-20,24-27H2,(H,50,53)(H,51,54,55). The van der Waals surface area contributed by atoms with Crippen molar-refractivity contribution in [3.8, 4) is 28.7 Å². The van der Waals surface area contributed by atoms with Gasteiger partial charge in [-0.1, -0.05) is 72.3 Å². The summed E-state index contributed by atoms with van der Waals surface area (Å²) in [5.41, 5.74) is 5.44. The van der Waals surface area contributed by atoms with Gasteiger partial charge in [0.1, 0.15) is 36.6 Å². The van der Waals surface area contributed by atoms with Crippen LogP contribution in [0.25, 0.3) is 11.1 Å². The van der Waals surface area contributed by atoms with Gasteiger partial charge in [-0.3, -0.25) is 24.5 Å². The lowest BCUT2D eigenvalue weighted by molar-refractivity contribution is -0.137. The predicted octanol–water partition coefficient (Wildman–Crippen LogP) is 7.45. The van der Waals surface area contributed by atoms with Crippen LogP contribution in [0.1, 0.15) is 63.9 Å². The molecule has 11 nitrogen and oxygen atoms in total. The summed E-state index contributed by atoms with van der Waals surface area (Å²) < 4.78 is 27.0. The van der Waals surface area contributed by atoms with Gasteiger partial charge in [0.2, 0.25) is 17.7 Å². The first-order valence-electron chi connectivity index (χ1n) is 18.9. The molecule has 58 heavy (non-hydrogen) atoms. The second-order valence-corrected chi connectivity index (χ2v) is 14.4. The van der Waals surface area contributed by atoms with Gasteiger partial charge >= 0.3 is 0 Å². The fourth-order valence-corrected chi connectivity index (χ4v) is 7.33. The molecule has 0 aromatic heterocycles. The van der Waals surface area contributed by atoms with Gasteiger partial charge in [-0.2, -0.15) is 5.26 Å². The number of nitrogens with one attached hydrogen (secondary N) is 3. The van der Waals surface area contributed by atoms with Crippen molar-refractivity contribution in [3.05, 3.63) is 147 Å². The largest absolute Gasteiger partial charge is 0.489 e. The number of benzene rings is 5. The van der Waals surface area contributed by atoms with Gasteiger partial charge in [0.15, 0.2) is 0 Å². The smallest absolute Gasteiger partial charge is 0.255 e. The van der Waals surface area contributed by atoms with Gasteiger partial charge in [0, 0.05) is 71.1 Å². The van der Waals surface area contributed by atoms with E-state index in [-0.39, 0.29) is 62.6 Å². The number of nitriles is 1. The third-order valence-corrected chi connectivity index (χ3v) is 10.5. The normalized spacial score (nSPS) is 14.7. The third kappa shape index (κ3) is 9.18. The Labute approximate surface area is 339 Å². The van der Waals surface area contributed by atoms with Crippen LogP contribution in [0.5, 0.6) is 11.5 Å². The monoisotopic (exact) mass is 799 g/mol. The number of hydrogen-bond acceptors (Lipinski definition) is 8. The number of hydrogen-bond donors (Lipinski definition) is 3. The first-order chi connectivity index (χ1) is 28.2. The van der Waals surface area contributed by atoms with E-state index in [0.717, 1.165) is 11.1 Å². The molecule has 0 spiro atoms. The van der Waals surface area contributed by atoms with E-state index >= 15 is 0 Å². The molecular weight excluding hydrogens is 761 g/mol. The number of amides is 4. The quantitative estimate of drug-likeness (QED) is 0.0731. The SMILES string of the molecule is N#Cc1cccc(COc2cc(OCc3cccc(-c4ccccc4F)c3Cl)ccc2CNCCCC(=O)Nc2cccc3c2CN(C2CCC(=O)NC2=O)C3=O)c1. The molecule has 294 valence electrons. The van der Waals surface area contributed by atoms with Gasteiger partial charge in [-0.15, -0.1) is 0 Å². The molecule has 2 heterocycles. The Kier molecular flexibility index (Phi) is 12.4. The number of carbonyl (C=O) groups is 4. The van der Waals surface area contributed by atoms with Crippen LogP contribution in [0.15, 0.2) is 103 Å². The number of anilines is 1.